The van der Waals surface area contributed by atoms with Crippen molar-refractivity contribution >= 4 is 33.5 Å². The number of pyridine rings is 1. The standard InChI is InChI=1S/C8H5BrClF2NO2/c9-4-1-3(2-5(14)15)13-7(10)6(4)8(11)12/h1,8H,2H2,(H,14,15). The molecule has 0 aliphatic rings. The molecule has 0 saturated carbocycles. The van der Waals surface area contributed by atoms with Crippen LogP contribution in [0.4, 0.5) is 8.78 Å². The Morgan fingerprint density at radius 3 is 2.67 bits per heavy atom. The first-order valence-electron chi connectivity index (χ1n) is 3.76. The molecule has 0 amide bonds. The lowest BCUT2D eigenvalue weighted by atomic mass is 10.2. The van der Waals surface area contributed by atoms with E-state index in [4.69, 9.17) is 16.7 Å². The minimum absolute atomic E-state index is 0.0637. The van der Waals surface area contributed by atoms with Crippen molar-refractivity contribution in [3.05, 3.63) is 26.9 Å². The van der Waals surface area contributed by atoms with Gasteiger partial charge in [0, 0.05) is 4.47 Å². The van der Waals surface area contributed by atoms with E-state index < -0.39 is 18.0 Å². The Morgan fingerprint density at radius 2 is 2.27 bits per heavy atom. The molecule has 0 radical (unpaired) electrons. The van der Waals surface area contributed by atoms with Crippen LogP contribution < -0.4 is 0 Å². The van der Waals surface area contributed by atoms with E-state index in [9.17, 15) is 13.6 Å². The second kappa shape index (κ2) is 4.85. The molecule has 0 spiro atoms. The van der Waals surface area contributed by atoms with E-state index in [1.165, 1.54) is 6.07 Å². The first-order chi connectivity index (χ1) is 6.91. The fraction of sp³-hybridized carbons (Fsp3) is 0.250. The molecule has 3 nitrogen and oxygen atoms in total. The van der Waals surface area contributed by atoms with Crippen molar-refractivity contribution in [1.29, 1.82) is 0 Å². The van der Waals surface area contributed by atoms with Crippen LogP contribution in [0.25, 0.3) is 0 Å². The third-order valence-corrected chi connectivity index (χ3v) is 2.51. The van der Waals surface area contributed by atoms with Crippen molar-refractivity contribution in [3.63, 3.8) is 0 Å². The Balaban J connectivity index is 3.13. The predicted octanol–water partition coefficient (Wildman–Crippen LogP) is 3.06. The molecule has 1 N–H and O–H groups in total. The summed E-state index contributed by atoms with van der Waals surface area (Å²) in [5.74, 6) is -1.10. The Hall–Kier alpha value is -0.750. The van der Waals surface area contributed by atoms with Gasteiger partial charge in [-0.15, -0.1) is 0 Å². The number of carbonyl (C=O) groups is 1. The normalized spacial score (nSPS) is 10.7. The highest BCUT2D eigenvalue weighted by Gasteiger charge is 2.18. The molecule has 1 heterocycles. The summed E-state index contributed by atoms with van der Waals surface area (Å²) in [4.78, 5) is 13.9. The first kappa shape index (κ1) is 12.3. The van der Waals surface area contributed by atoms with E-state index in [0.29, 0.717) is 0 Å². The number of nitrogens with zero attached hydrogens (tertiary/aromatic N) is 1. The Kier molecular flexibility index (Phi) is 3.98. The van der Waals surface area contributed by atoms with E-state index in [1.807, 2.05) is 0 Å². The monoisotopic (exact) mass is 299 g/mol. The van der Waals surface area contributed by atoms with Gasteiger partial charge in [-0.05, 0) is 6.07 Å². The van der Waals surface area contributed by atoms with Crippen molar-refractivity contribution in [2.45, 2.75) is 12.8 Å². The second-order valence-corrected chi connectivity index (χ2v) is 3.88. The summed E-state index contributed by atoms with van der Waals surface area (Å²) in [5, 5.41) is 8.10. The summed E-state index contributed by atoms with van der Waals surface area (Å²) < 4.78 is 24.9. The maximum atomic E-state index is 12.4. The van der Waals surface area contributed by atoms with Crippen LogP contribution in [0.2, 0.25) is 5.15 Å². The van der Waals surface area contributed by atoms with Gasteiger partial charge in [0.1, 0.15) is 5.15 Å². The number of aromatic nitrogens is 1. The zero-order valence-electron chi connectivity index (χ0n) is 7.18. The van der Waals surface area contributed by atoms with Gasteiger partial charge in [0.05, 0.1) is 17.7 Å². The molecule has 0 atom stereocenters. The summed E-state index contributed by atoms with van der Waals surface area (Å²) in [7, 11) is 0. The lowest BCUT2D eigenvalue weighted by molar-refractivity contribution is -0.136. The minimum atomic E-state index is -2.75. The molecule has 15 heavy (non-hydrogen) atoms. The minimum Gasteiger partial charge on any atom is -0.481 e. The van der Waals surface area contributed by atoms with E-state index in [2.05, 4.69) is 20.9 Å². The van der Waals surface area contributed by atoms with E-state index >= 15 is 0 Å². The summed E-state index contributed by atoms with van der Waals surface area (Å²) in [6.45, 7) is 0. The predicted molar refractivity (Wildman–Crippen MR) is 53.2 cm³/mol. The number of halogens is 4. The first-order valence-corrected chi connectivity index (χ1v) is 4.93. The average molecular weight is 300 g/mol. The molecule has 0 fully saturated rings. The molecule has 1 rings (SSSR count). The lowest BCUT2D eigenvalue weighted by Crippen LogP contribution is -2.04. The molecular weight excluding hydrogens is 295 g/mol. The van der Waals surface area contributed by atoms with Crippen molar-refractivity contribution < 1.29 is 18.7 Å². The number of hydrogen-bond acceptors (Lipinski definition) is 2. The van der Waals surface area contributed by atoms with Gasteiger partial charge < -0.3 is 5.11 Å². The van der Waals surface area contributed by atoms with Crippen LogP contribution in [0.15, 0.2) is 10.5 Å². The molecule has 0 unspecified atom stereocenters. The fourth-order valence-corrected chi connectivity index (χ4v) is 2.01. The van der Waals surface area contributed by atoms with Crippen LogP contribution in [-0.2, 0) is 11.2 Å². The molecule has 1 aromatic rings. The highest BCUT2D eigenvalue weighted by atomic mass is 79.9. The summed E-state index contributed by atoms with van der Waals surface area (Å²) in [6.07, 6.45) is -3.11. The van der Waals surface area contributed by atoms with Crippen LogP contribution >= 0.6 is 27.5 Å². The van der Waals surface area contributed by atoms with Gasteiger partial charge in [0.25, 0.3) is 6.43 Å². The topological polar surface area (TPSA) is 50.2 Å². The van der Waals surface area contributed by atoms with Crippen LogP contribution in [-0.4, -0.2) is 16.1 Å². The zero-order chi connectivity index (χ0) is 11.6. The van der Waals surface area contributed by atoms with E-state index in [0.717, 1.165) is 0 Å². The van der Waals surface area contributed by atoms with E-state index in [1.54, 1.807) is 0 Å². The molecule has 0 bridgehead atoms. The van der Waals surface area contributed by atoms with Gasteiger partial charge in [-0.25, -0.2) is 13.8 Å². The lowest BCUT2D eigenvalue weighted by Gasteiger charge is -2.07. The molecule has 7 heteroatoms. The van der Waals surface area contributed by atoms with Crippen LogP contribution in [0.1, 0.15) is 17.7 Å². The van der Waals surface area contributed by atoms with Gasteiger partial charge in [-0.2, -0.15) is 0 Å². The molecular formula is C8H5BrClF2NO2. The van der Waals surface area contributed by atoms with Crippen molar-refractivity contribution in [1.82, 2.24) is 4.98 Å². The van der Waals surface area contributed by atoms with Crippen LogP contribution in [0.3, 0.4) is 0 Å². The van der Waals surface area contributed by atoms with Crippen molar-refractivity contribution in [3.8, 4) is 0 Å². The number of alkyl halides is 2. The van der Waals surface area contributed by atoms with E-state index in [-0.39, 0.29) is 21.7 Å². The third-order valence-electron chi connectivity index (χ3n) is 1.57. The molecule has 0 aliphatic heterocycles. The number of carboxylic acids is 1. The maximum Gasteiger partial charge on any atom is 0.309 e. The van der Waals surface area contributed by atoms with Crippen molar-refractivity contribution in [2.24, 2.45) is 0 Å². The Labute approximate surface area is 97.2 Å². The smallest absolute Gasteiger partial charge is 0.309 e. The molecule has 0 saturated heterocycles. The largest absolute Gasteiger partial charge is 0.481 e. The van der Waals surface area contributed by atoms with Gasteiger partial charge in [-0.3, -0.25) is 4.79 Å². The average Bonchev–Trinajstić information content (AvgIpc) is 1.99. The molecule has 0 aromatic carbocycles. The number of aliphatic carboxylic acids is 1. The zero-order valence-corrected chi connectivity index (χ0v) is 9.52. The summed E-state index contributed by atoms with van der Waals surface area (Å²) >= 11 is 8.39. The molecule has 1 aromatic heterocycles. The summed E-state index contributed by atoms with van der Waals surface area (Å²) in [6, 6.07) is 1.22. The Bertz CT molecular complexity index is 377. The summed E-state index contributed by atoms with van der Waals surface area (Å²) in [5.41, 5.74) is -0.297. The van der Waals surface area contributed by atoms with Crippen molar-refractivity contribution in [2.75, 3.05) is 0 Å². The van der Waals surface area contributed by atoms with Gasteiger partial charge in [0.15, 0.2) is 0 Å². The Morgan fingerprint density at radius 1 is 1.67 bits per heavy atom. The number of hydrogen-bond donors (Lipinski definition) is 1. The second-order valence-electron chi connectivity index (χ2n) is 2.67. The molecule has 0 aliphatic carbocycles. The van der Waals surface area contributed by atoms with Crippen LogP contribution in [0.5, 0.6) is 0 Å². The highest BCUT2D eigenvalue weighted by Crippen LogP contribution is 2.32. The number of rotatable bonds is 3. The quantitative estimate of drug-likeness (QED) is 0.873. The highest BCUT2D eigenvalue weighted by molar-refractivity contribution is 9.10. The van der Waals surface area contributed by atoms with Gasteiger partial charge in [-0.1, -0.05) is 27.5 Å². The van der Waals surface area contributed by atoms with Gasteiger partial charge >= 0.3 is 5.97 Å². The fourth-order valence-electron chi connectivity index (χ4n) is 0.981. The number of carboxylic acid groups (broad SMARTS) is 1. The third kappa shape index (κ3) is 3.10. The maximum absolute atomic E-state index is 12.4. The van der Waals surface area contributed by atoms with Gasteiger partial charge in [0.2, 0.25) is 0 Å². The molecule has 82 valence electrons. The van der Waals surface area contributed by atoms with Crippen LogP contribution in [0, 0.1) is 0 Å². The SMILES string of the molecule is O=C(O)Cc1cc(Br)c(C(F)F)c(Cl)n1.